The van der Waals surface area contributed by atoms with Crippen molar-refractivity contribution in [3.63, 3.8) is 0 Å². The average Bonchev–Trinajstić information content (AvgIpc) is 2.89. The molecule has 0 spiro atoms. The van der Waals surface area contributed by atoms with Crippen LogP contribution in [0.15, 0.2) is 24.3 Å². The number of aromatic nitrogens is 3. The number of hydrogen-bond acceptors (Lipinski definition) is 3. The van der Waals surface area contributed by atoms with Gasteiger partial charge in [0.25, 0.3) is 5.91 Å². The van der Waals surface area contributed by atoms with Crippen molar-refractivity contribution in [3.8, 4) is 0 Å². The molecule has 2 aromatic rings. The van der Waals surface area contributed by atoms with Gasteiger partial charge in [0, 0.05) is 17.6 Å². The summed E-state index contributed by atoms with van der Waals surface area (Å²) in [5, 5.41) is 6.93. The standard InChI is InChI=1S/C16H22N4O/c1-6-20(12-9-7-8-11(2)10-12)14(21)13-17-15(19-18-13)16(3,4)5/h7-10H,6H2,1-5H3,(H,17,18,19). The Kier molecular flexibility index (Phi) is 4.11. The molecule has 1 aromatic heterocycles. The highest BCUT2D eigenvalue weighted by atomic mass is 16.2. The monoisotopic (exact) mass is 286 g/mol. The van der Waals surface area contributed by atoms with Gasteiger partial charge in [-0.25, -0.2) is 4.98 Å². The summed E-state index contributed by atoms with van der Waals surface area (Å²) >= 11 is 0. The van der Waals surface area contributed by atoms with Crippen LogP contribution in [0.2, 0.25) is 0 Å². The zero-order valence-electron chi connectivity index (χ0n) is 13.3. The number of nitrogens with one attached hydrogen (secondary N) is 1. The minimum atomic E-state index is -0.185. The van der Waals surface area contributed by atoms with E-state index in [1.165, 1.54) is 0 Å². The van der Waals surface area contributed by atoms with Crippen molar-refractivity contribution in [2.24, 2.45) is 0 Å². The van der Waals surface area contributed by atoms with Gasteiger partial charge in [0.1, 0.15) is 5.82 Å². The number of hydrogen-bond donors (Lipinski definition) is 1. The lowest BCUT2D eigenvalue weighted by molar-refractivity contribution is 0.0978. The predicted octanol–water partition coefficient (Wildman–Crippen LogP) is 3.08. The van der Waals surface area contributed by atoms with Crippen LogP contribution < -0.4 is 4.90 Å². The number of aryl methyl sites for hydroxylation is 1. The van der Waals surface area contributed by atoms with Gasteiger partial charge in [-0.3, -0.25) is 9.89 Å². The lowest BCUT2D eigenvalue weighted by Crippen LogP contribution is -2.31. The first kappa shape index (κ1) is 15.2. The Morgan fingerprint density at radius 3 is 2.57 bits per heavy atom. The second-order valence-electron chi connectivity index (χ2n) is 6.15. The molecule has 112 valence electrons. The maximum Gasteiger partial charge on any atom is 0.297 e. The summed E-state index contributed by atoms with van der Waals surface area (Å²) < 4.78 is 0. The minimum absolute atomic E-state index is 0.161. The van der Waals surface area contributed by atoms with E-state index in [0.29, 0.717) is 12.4 Å². The van der Waals surface area contributed by atoms with Gasteiger partial charge in [0.05, 0.1) is 0 Å². The van der Waals surface area contributed by atoms with Crippen LogP contribution in [0.4, 0.5) is 5.69 Å². The molecule has 0 bridgehead atoms. The number of H-pyrrole nitrogens is 1. The Morgan fingerprint density at radius 1 is 1.33 bits per heavy atom. The summed E-state index contributed by atoms with van der Waals surface area (Å²) in [6.45, 7) is 10.6. The Labute approximate surface area is 125 Å². The van der Waals surface area contributed by atoms with E-state index < -0.39 is 0 Å². The Hall–Kier alpha value is -2.17. The molecule has 1 N–H and O–H groups in total. The van der Waals surface area contributed by atoms with Crippen LogP contribution in [-0.4, -0.2) is 27.6 Å². The lowest BCUT2D eigenvalue weighted by Gasteiger charge is -2.20. The molecule has 0 saturated carbocycles. The molecule has 5 nitrogen and oxygen atoms in total. The van der Waals surface area contributed by atoms with Crippen molar-refractivity contribution in [1.29, 1.82) is 0 Å². The van der Waals surface area contributed by atoms with Crippen LogP contribution in [0.25, 0.3) is 0 Å². The summed E-state index contributed by atoms with van der Waals surface area (Å²) in [7, 11) is 0. The van der Waals surface area contributed by atoms with Gasteiger partial charge in [-0.2, -0.15) is 0 Å². The number of benzene rings is 1. The van der Waals surface area contributed by atoms with Gasteiger partial charge >= 0.3 is 0 Å². The summed E-state index contributed by atoms with van der Waals surface area (Å²) in [4.78, 5) is 18.6. The van der Waals surface area contributed by atoms with Crippen molar-refractivity contribution in [2.75, 3.05) is 11.4 Å². The second-order valence-corrected chi connectivity index (χ2v) is 6.15. The molecule has 0 aliphatic carbocycles. The third-order valence-corrected chi connectivity index (χ3v) is 3.26. The van der Waals surface area contributed by atoms with Crippen LogP contribution in [-0.2, 0) is 5.41 Å². The lowest BCUT2D eigenvalue weighted by atomic mass is 9.96. The molecule has 1 heterocycles. The molecule has 0 fully saturated rings. The summed E-state index contributed by atoms with van der Waals surface area (Å²) in [5.41, 5.74) is 1.82. The molecule has 0 atom stereocenters. The quantitative estimate of drug-likeness (QED) is 0.943. The second kappa shape index (κ2) is 5.68. The molecule has 0 aliphatic heterocycles. The van der Waals surface area contributed by atoms with E-state index in [4.69, 9.17) is 0 Å². The highest BCUT2D eigenvalue weighted by molar-refractivity contribution is 6.03. The number of rotatable bonds is 3. The zero-order chi connectivity index (χ0) is 15.6. The van der Waals surface area contributed by atoms with Gasteiger partial charge in [-0.15, -0.1) is 5.10 Å². The number of aromatic amines is 1. The Balaban J connectivity index is 2.31. The van der Waals surface area contributed by atoms with Gasteiger partial charge in [0.15, 0.2) is 0 Å². The maximum absolute atomic E-state index is 12.6. The van der Waals surface area contributed by atoms with E-state index in [1.54, 1.807) is 4.90 Å². The minimum Gasteiger partial charge on any atom is -0.306 e. The van der Waals surface area contributed by atoms with E-state index in [1.807, 2.05) is 58.9 Å². The average molecular weight is 286 g/mol. The van der Waals surface area contributed by atoms with Gasteiger partial charge in [0.2, 0.25) is 5.82 Å². The first-order chi connectivity index (χ1) is 9.82. The third-order valence-electron chi connectivity index (χ3n) is 3.26. The van der Waals surface area contributed by atoms with E-state index in [0.717, 1.165) is 11.3 Å². The highest BCUT2D eigenvalue weighted by Gasteiger charge is 2.24. The highest BCUT2D eigenvalue weighted by Crippen LogP contribution is 2.20. The van der Waals surface area contributed by atoms with Gasteiger partial charge in [-0.1, -0.05) is 32.9 Å². The van der Waals surface area contributed by atoms with Crippen molar-refractivity contribution >= 4 is 11.6 Å². The number of amides is 1. The molecule has 0 unspecified atom stereocenters. The van der Waals surface area contributed by atoms with Crippen LogP contribution in [0.3, 0.4) is 0 Å². The molecular weight excluding hydrogens is 264 g/mol. The maximum atomic E-state index is 12.6. The summed E-state index contributed by atoms with van der Waals surface area (Å²) in [5.74, 6) is 0.740. The summed E-state index contributed by atoms with van der Waals surface area (Å²) in [6, 6.07) is 7.86. The topological polar surface area (TPSA) is 61.9 Å². The Morgan fingerprint density at radius 2 is 2.05 bits per heavy atom. The number of nitrogens with zero attached hydrogens (tertiary/aromatic N) is 3. The van der Waals surface area contributed by atoms with Crippen molar-refractivity contribution in [3.05, 3.63) is 41.5 Å². The van der Waals surface area contributed by atoms with Crippen molar-refractivity contribution in [1.82, 2.24) is 15.2 Å². The SMILES string of the molecule is CCN(C(=O)c1n[nH]c(C(C)(C)C)n1)c1cccc(C)c1. The van der Waals surface area contributed by atoms with E-state index in [2.05, 4.69) is 15.2 Å². The fourth-order valence-corrected chi connectivity index (χ4v) is 2.05. The Bertz CT molecular complexity index is 640. The molecule has 1 amide bonds. The molecule has 2 rings (SSSR count). The van der Waals surface area contributed by atoms with E-state index in [-0.39, 0.29) is 17.1 Å². The van der Waals surface area contributed by atoms with E-state index >= 15 is 0 Å². The van der Waals surface area contributed by atoms with Crippen LogP contribution >= 0.6 is 0 Å². The van der Waals surface area contributed by atoms with Crippen LogP contribution in [0, 0.1) is 6.92 Å². The fraction of sp³-hybridized carbons (Fsp3) is 0.438. The van der Waals surface area contributed by atoms with Crippen LogP contribution in [0.5, 0.6) is 0 Å². The molecule has 1 aromatic carbocycles. The first-order valence-corrected chi connectivity index (χ1v) is 7.14. The number of anilines is 1. The molecule has 21 heavy (non-hydrogen) atoms. The van der Waals surface area contributed by atoms with Crippen molar-refractivity contribution in [2.45, 2.75) is 40.0 Å². The third kappa shape index (κ3) is 3.29. The molecule has 0 aliphatic rings. The smallest absolute Gasteiger partial charge is 0.297 e. The molecule has 0 saturated heterocycles. The fourth-order valence-electron chi connectivity index (χ4n) is 2.05. The van der Waals surface area contributed by atoms with Gasteiger partial charge < -0.3 is 4.90 Å². The normalized spacial score (nSPS) is 11.5. The predicted molar refractivity (Wildman–Crippen MR) is 83.6 cm³/mol. The number of carbonyl (C=O) groups is 1. The first-order valence-electron chi connectivity index (χ1n) is 7.14. The zero-order valence-corrected chi connectivity index (χ0v) is 13.3. The molecule has 0 radical (unpaired) electrons. The van der Waals surface area contributed by atoms with E-state index in [9.17, 15) is 4.79 Å². The molecular formula is C16H22N4O. The number of carbonyl (C=O) groups excluding carboxylic acids is 1. The largest absolute Gasteiger partial charge is 0.306 e. The molecule has 5 heteroatoms. The van der Waals surface area contributed by atoms with Gasteiger partial charge in [-0.05, 0) is 31.5 Å². The summed E-state index contributed by atoms with van der Waals surface area (Å²) in [6.07, 6.45) is 0. The van der Waals surface area contributed by atoms with Crippen molar-refractivity contribution < 1.29 is 4.79 Å². The van der Waals surface area contributed by atoms with Crippen LogP contribution in [0.1, 0.15) is 49.7 Å².